The molecule has 0 spiro atoms. The first kappa shape index (κ1) is 19.9. The Bertz CT molecular complexity index is 797. The maximum absolute atomic E-state index is 13.8. The van der Waals surface area contributed by atoms with E-state index in [1.807, 2.05) is 0 Å². The third-order valence-corrected chi connectivity index (χ3v) is 5.94. The molecular formula is C16H22FN3O6S. The van der Waals surface area contributed by atoms with Gasteiger partial charge in [-0.15, -0.1) is 0 Å². The van der Waals surface area contributed by atoms with Gasteiger partial charge in [0, 0.05) is 6.07 Å². The molecule has 11 heteroatoms. The smallest absolute Gasteiger partial charge is 0.312 e. The number of primary sulfonamides is 1. The number of benzene rings is 1. The van der Waals surface area contributed by atoms with Gasteiger partial charge in [-0.1, -0.05) is 0 Å². The zero-order valence-electron chi connectivity index (χ0n) is 14.6. The molecule has 0 radical (unpaired) electrons. The highest BCUT2D eigenvalue weighted by Crippen LogP contribution is 2.31. The predicted molar refractivity (Wildman–Crippen MR) is 93.8 cm³/mol. The van der Waals surface area contributed by atoms with E-state index in [1.165, 1.54) is 12.1 Å². The molecule has 1 aromatic rings. The Morgan fingerprint density at radius 1 is 1.33 bits per heavy atom. The van der Waals surface area contributed by atoms with E-state index in [0.717, 1.165) is 32.0 Å². The van der Waals surface area contributed by atoms with Gasteiger partial charge >= 0.3 is 5.69 Å². The van der Waals surface area contributed by atoms with Gasteiger partial charge in [-0.25, -0.2) is 17.9 Å². The molecule has 0 amide bonds. The topological polar surface area (TPSA) is 125 Å². The van der Waals surface area contributed by atoms with E-state index in [0.29, 0.717) is 6.61 Å². The molecule has 2 N–H and O–H groups in total. The highest BCUT2D eigenvalue weighted by atomic mass is 32.2. The number of hydrogen-bond donors (Lipinski definition) is 1. The van der Waals surface area contributed by atoms with Crippen molar-refractivity contribution in [2.24, 2.45) is 11.1 Å². The van der Waals surface area contributed by atoms with Gasteiger partial charge in [0.2, 0.25) is 10.0 Å². The molecule has 0 aromatic heterocycles. The highest BCUT2D eigenvalue weighted by molar-refractivity contribution is 7.89. The monoisotopic (exact) mass is 403 g/mol. The second kappa shape index (κ2) is 8.05. The summed E-state index contributed by atoms with van der Waals surface area (Å²) in [6.45, 7) is 2.25. The Labute approximate surface area is 156 Å². The fourth-order valence-electron chi connectivity index (χ4n) is 3.45. The molecule has 2 fully saturated rings. The van der Waals surface area contributed by atoms with Crippen LogP contribution in [0.5, 0.6) is 5.75 Å². The second-order valence-corrected chi connectivity index (χ2v) is 8.40. The molecular weight excluding hydrogens is 381 g/mol. The number of piperidine rings is 1. The molecule has 2 unspecified atom stereocenters. The molecule has 0 saturated carbocycles. The van der Waals surface area contributed by atoms with E-state index in [9.17, 15) is 22.9 Å². The molecule has 9 nitrogen and oxygen atoms in total. The lowest BCUT2D eigenvalue weighted by molar-refractivity contribution is -0.386. The van der Waals surface area contributed by atoms with Crippen LogP contribution in [0.3, 0.4) is 0 Å². The number of nitrogens with zero attached hydrogens (tertiary/aromatic N) is 2. The van der Waals surface area contributed by atoms with Crippen LogP contribution in [-0.2, 0) is 14.8 Å². The number of hydrogen-bond acceptors (Lipinski definition) is 7. The number of nitro benzene ring substituents is 1. The van der Waals surface area contributed by atoms with Gasteiger partial charge < -0.3 is 9.47 Å². The van der Waals surface area contributed by atoms with Gasteiger partial charge in [0.15, 0.2) is 5.75 Å². The highest BCUT2D eigenvalue weighted by Gasteiger charge is 2.35. The van der Waals surface area contributed by atoms with E-state index < -0.39 is 26.8 Å². The molecule has 1 aromatic carbocycles. The number of nitrogens with two attached hydrogens (primary N) is 1. The SMILES string of the molecule is NS(=O)(=O)c1ccc(OCC2CCN(C3COCC3F)CC2)c([N+](=O)[O-])c1. The van der Waals surface area contributed by atoms with Crippen molar-refractivity contribution in [3.63, 3.8) is 0 Å². The summed E-state index contributed by atoms with van der Waals surface area (Å²) in [4.78, 5) is 12.3. The van der Waals surface area contributed by atoms with Crippen molar-refractivity contribution >= 4 is 15.7 Å². The lowest BCUT2D eigenvalue weighted by atomic mass is 9.96. The van der Waals surface area contributed by atoms with Crippen molar-refractivity contribution in [1.29, 1.82) is 0 Å². The largest absolute Gasteiger partial charge is 0.487 e. The fourth-order valence-corrected chi connectivity index (χ4v) is 3.98. The zero-order valence-corrected chi connectivity index (χ0v) is 15.4. The molecule has 27 heavy (non-hydrogen) atoms. The summed E-state index contributed by atoms with van der Waals surface area (Å²) in [5.74, 6) is 0.182. The van der Waals surface area contributed by atoms with Crippen molar-refractivity contribution in [3.05, 3.63) is 28.3 Å². The first-order chi connectivity index (χ1) is 12.8. The van der Waals surface area contributed by atoms with Crippen molar-refractivity contribution < 1.29 is 27.2 Å². The van der Waals surface area contributed by atoms with Gasteiger partial charge in [0.1, 0.15) is 6.17 Å². The minimum atomic E-state index is -4.04. The summed E-state index contributed by atoms with van der Waals surface area (Å²) < 4.78 is 47.3. The van der Waals surface area contributed by atoms with Crippen molar-refractivity contribution in [3.8, 4) is 5.75 Å². The molecule has 3 rings (SSSR count). The average Bonchev–Trinajstić information content (AvgIpc) is 3.05. The number of alkyl halides is 1. The maximum Gasteiger partial charge on any atom is 0.312 e. The lowest BCUT2D eigenvalue weighted by Crippen LogP contribution is -2.46. The molecule has 2 saturated heterocycles. The van der Waals surface area contributed by atoms with Crippen LogP contribution in [0, 0.1) is 16.0 Å². The van der Waals surface area contributed by atoms with Crippen molar-refractivity contribution in [2.45, 2.75) is 30.0 Å². The number of likely N-dealkylation sites (tertiary alicyclic amines) is 1. The van der Waals surface area contributed by atoms with Crippen LogP contribution in [0.15, 0.2) is 23.1 Å². The van der Waals surface area contributed by atoms with Gasteiger partial charge in [0.05, 0.1) is 35.7 Å². The van der Waals surface area contributed by atoms with E-state index in [4.69, 9.17) is 14.6 Å². The maximum atomic E-state index is 13.8. The summed E-state index contributed by atoms with van der Waals surface area (Å²) in [7, 11) is -4.04. The van der Waals surface area contributed by atoms with Crippen LogP contribution in [0.2, 0.25) is 0 Å². The van der Waals surface area contributed by atoms with Gasteiger partial charge in [-0.3, -0.25) is 15.0 Å². The second-order valence-electron chi connectivity index (χ2n) is 6.84. The minimum Gasteiger partial charge on any atom is -0.487 e. The fraction of sp³-hybridized carbons (Fsp3) is 0.625. The van der Waals surface area contributed by atoms with E-state index in [2.05, 4.69) is 4.90 Å². The summed E-state index contributed by atoms with van der Waals surface area (Å²) in [5.41, 5.74) is -0.442. The van der Waals surface area contributed by atoms with Gasteiger partial charge in [-0.05, 0) is 44.0 Å². The van der Waals surface area contributed by atoms with Crippen LogP contribution in [0.1, 0.15) is 12.8 Å². The quantitative estimate of drug-likeness (QED) is 0.556. The minimum absolute atomic E-state index is 0.00263. The van der Waals surface area contributed by atoms with Crippen LogP contribution >= 0.6 is 0 Å². The molecule has 2 aliphatic heterocycles. The standard InChI is InChI=1S/C16H22FN3O6S/c17-13-9-25-10-15(13)19-5-3-11(4-6-19)8-26-16-2-1-12(27(18,23)24)7-14(16)20(21)22/h1-2,7,11,13,15H,3-6,8-10H2,(H2,18,23,24). The summed E-state index contributed by atoms with van der Waals surface area (Å²) >= 11 is 0. The number of rotatable bonds is 6. The summed E-state index contributed by atoms with van der Waals surface area (Å²) in [6.07, 6.45) is 0.608. The first-order valence-corrected chi connectivity index (χ1v) is 10.2. The van der Waals surface area contributed by atoms with E-state index in [-0.39, 0.29) is 35.8 Å². The summed E-state index contributed by atoms with van der Waals surface area (Å²) in [5, 5.41) is 16.2. The normalized spacial score (nSPS) is 24.8. The lowest BCUT2D eigenvalue weighted by Gasteiger charge is -2.35. The van der Waals surface area contributed by atoms with Gasteiger partial charge in [0.25, 0.3) is 0 Å². The Morgan fingerprint density at radius 2 is 2.04 bits per heavy atom. The Kier molecular flexibility index (Phi) is 5.94. The molecule has 2 heterocycles. The van der Waals surface area contributed by atoms with Crippen LogP contribution in [-0.4, -0.2) is 63.4 Å². The molecule has 150 valence electrons. The van der Waals surface area contributed by atoms with Gasteiger partial charge in [-0.2, -0.15) is 0 Å². The molecule has 0 aliphatic carbocycles. The third kappa shape index (κ3) is 4.72. The number of nitro groups is 1. The van der Waals surface area contributed by atoms with Crippen LogP contribution in [0.25, 0.3) is 0 Å². The Morgan fingerprint density at radius 3 is 2.59 bits per heavy atom. The number of ether oxygens (including phenoxy) is 2. The molecule has 2 atom stereocenters. The van der Waals surface area contributed by atoms with Crippen molar-refractivity contribution in [1.82, 2.24) is 4.90 Å². The Hall–Kier alpha value is -1.82. The molecule has 0 bridgehead atoms. The zero-order chi connectivity index (χ0) is 19.6. The predicted octanol–water partition coefficient (Wildman–Crippen LogP) is 1.07. The average molecular weight is 403 g/mol. The van der Waals surface area contributed by atoms with E-state index >= 15 is 0 Å². The Balaban J connectivity index is 1.58. The molecule has 2 aliphatic rings. The number of halogens is 1. The van der Waals surface area contributed by atoms with Crippen molar-refractivity contribution in [2.75, 3.05) is 32.9 Å². The number of sulfonamides is 1. The third-order valence-electron chi connectivity index (χ3n) is 5.03. The van der Waals surface area contributed by atoms with Crippen LogP contribution in [0.4, 0.5) is 10.1 Å². The van der Waals surface area contributed by atoms with E-state index in [1.54, 1.807) is 0 Å². The summed E-state index contributed by atoms with van der Waals surface area (Å²) in [6, 6.07) is 3.13. The first-order valence-electron chi connectivity index (χ1n) is 8.65. The van der Waals surface area contributed by atoms with Crippen LogP contribution < -0.4 is 9.88 Å².